The number of rotatable bonds is 2. The van der Waals surface area contributed by atoms with E-state index in [1.54, 1.807) is 5.38 Å². The Morgan fingerprint density at radius 1 is 1.75 bits per heavy atom. The fourth-order valence-corrected chi connectivity index (χ4v) is 3.17. The Labute approximate surface area is 103 Å². The van der Waals surface area contributed by atoms with Crippen LogP contribution in [-0.2, 0) is 4.79 Å². The lowest BCUT2D eigenvalue weighted by Crippen LogP contribution is -2.49. The largest absolute Gasteiger partial charge is 0.480 e. The quantitative estimate of drug-likeness (QED) is 0.888. The van der Waals surface area contributed by atoms with Crippen LogP contribution in [0.1, 0.15) is 19.8 Å². The maximum Gasteiger partial charge on any atom is 0.326 e. The number of halogens is 1. The normalized spacial score (nSPS) is 25.8. The van der Waals surface area contributed by atoms with Crippen molar-refractivity contribution in [2.75, 3.05) is 11.4 Å². The van der Waals surface area contributed by atoms with Crippen LogP contribution in [0, 0.1) is 5.92 Å². The van der Waals surface area contributed by atoms with Crippen molar-refractivity contribution in [2.45, 2.75) is 25.8 Å². The highest BCUT2D eigenvalue weighted by Gasteiger charge is 2.35. The lowest BCUT2D eigenvalue weighted by Gasteiger charge is -2.37. The molecule has 6 heteroatoms. The smallest absolute Gasteiger partial charge is 0.326 e. The molecule has 2 rings (SSSR count). The minimum atomic E-state index is -0.779. The second-order valence-corrected chi connectivity index (χ2v) is 5.27. The molecular weight excluding hydrogens is 248 g/mol. The first kappa shape index (κ1) is 11.7. The first-order valence-electron chi connectivity index (χ1n) is 5.20. The molecule has 1 saturated heterocycles. The molecule has 88 valence electrons. The van der Waals surface area contributed by atoms with Crippen LogP contribution >= 0.6 is 22.9 Å². The molecule has 0 aliphatic carbocycles. The Balaban J connectivity index is 2.27. The number of hydrogen-bond donors (Lipinski definition) is 1. The van der Waals surface area contributed by atoms with Gasteiger partial charge in [-0.2, -0.15) is 0 Å². The average molecular weight is 261 g/mol. The number of hydrogen-bond acceptors (Lipinski definition) is 4. The average Bonchev–Trinajstić information content (AvgIpc) is 2.63. The maximum absolute atomic E-state index is 11.3. The van der Waals surface area contributed by atoms with E-state index >= 15 is 0 Å². The molecule has 1 aromatic rings. The van der Waals surface area contributed by atoms with Crippen LogP contribution in [0.2, 0.25) is 5.15 Å². The summed E-state index contributed by atoms with van der Waals surface area (Å²) >= 11 is 7.17. The third-order valence-corrected chi connectivity index (χ3v) is 4.10. The Hall–Kier alpha value is -0.810. The Morgan fingerprint density at radius 2 is 2.50 bits per heavy atom. The van der Waals surface area contributed by atoms with Gasteiger partial charge in [-0.05, 0) is 18.8 Å². The van der Waals surface area contributed by atoms with Crippen LogP contribution in [-0.4, -0.2) is 28.6 Å². The summed E-state index contributed by atoms with van der Waals surface area (Å²) in [5.74, 6) is -0.632. The third kappa shape index (κ3) is 2.15. The van der Waals surface area contributed by atoms with Crippen molar-refractivity contribution in [3.05, 3.63) is 10.5 Å². The van der Waals surface area contributed by atoms with Crippen LogP contribution in [0.3, 0.4) is 0 Å². The van der Waals surface area contributed by atoms with Gasteiger partial charge in [-0.15, -0.1) is 11.3 Å². The number of aliphatic carboxylic acids is 1. The van der Waals surface area contributed by atoms with Crippen molar-refractivity contribution in [2.24, 2.45) is 5.92 Å². The van der Waals surface area contributed by atoms with Gasteiger partial charge in [0.1, 0.15) is 11.2 Å². The van der Waals surface area contributed by atoms with Crippen LogP contribution < -0.4 is 4.90 Å². The van der Waals surface area contributed by atoms with E-state index in [0.29, 0.717) is 10.3 Å². The predicted octanol–water partition coefficient (Wildman–Crippen LogP) is 2.49. The second kappa shape index (κ2) is 4.59. The summed E-state index contributed by atoms with van der Waals surface area (Å²) in [4.78, 5) is 17.3. The molecule has 2 atom stereocenters. The Bertz CT molecular complexity index is 396. The summed E-state index contributed by atoms with van der Waals surface area (Å²) in [6.45, 7) is 2.71. The van der Waals surface area contributed by atoms with Gasteiger partial charge in [-0.1, -0.05) is 18.5 Å². The Kier molecular flexibility index (Phi) is 3.35. The molecule has 1 aromatic heterocycles. The van der Waals surface area contributed by atoms with Gasteiger partial charge in [0.15, 0.2) is 5.13 Å². The summed E-state index contributed by atoms with van der Waals surface area (Å²) in [7, 11) is 0. The minimum Gasteiger partial charge on any atom is -0.480 e. The van der Waals surface area contributed by atoms with Crippen LogP contribution in [0.5, 0.6) is 0 Å². The molecule has 2 heterocycles. The van der Waals surface area contributed by atoms with Gasteiger partial charge in [0, 0.05) is 11.9 Å². The monoisotopic (exact) mass is 260 g/mol. The third-order valence-electron chi connectivity index (χ3n) is 2.90. The van der Waals surface area contributed by atoms with Crippen molar-refractivity contribution < 1.29 is 9.90 Å². The number of carbonyl (C=O) groups is 1. The number of carboxylic acid groups (broad SMARTS) is 1. The van der Waals surface area contributed by atoms with E-state index in [4.69, 9.17) is 11.6 Å². The van der Waals surface area contributed by atoms with E-state index < -0.39 is 12.0 Å². The molecule has 0 radical (unpaired) electrons. The molecular formula is C10H13ClN2O2S. The summed E-state index contributed by atoms with van der Waals surface area (Å²) in [5.41, 5.74) is 0. The number of anilines is 1. The summed E-state index contributed by atoms with van der Waals surface area (Å²) in [6.07, 6.45) is 1.95. The molecule has 1 N–H and O–H groups in total. The van der Waals surface area contributed by atoms with Gasteiger partial charge in [-0.25, -0.2) is 9.78 Å². The zero-order valence-corrected chi connectivity index (χ0v) is 10.5. The number of piperidine rings is 1. The number of thiazole rings is 1. The van der Waals surface area contributed by atoms with Crippen molar-refractivity contribution in [1.82, 2.24) is 4.98 Å². The summed E-state index contributed by atoms with van der Waals surface area (Å²) in [5, 5.41) is 12.1. The number of aromatic nitrogens is 1. The maximum atomic E-state index is 11.3. The molecule has 0 amide bonds. The Morgan fingerprint density at radius 3 is 3.06 bits per heavy atom. The molecule has 0 bridgehead atoms. The molecule has 0 aromatic carbocycles. The topological polar surface area (TPSA) is 53.4 Å². The zero-order chi connectivity index (χ0) is 11.7. The van der Waals surface area contributed by atoms with Crippen molar-refractivity contribution in [3.63, 3.8) is 0 Å². The molecule has 0 saturated carbocycles. The zero-order valence-electron chi connectivity index (χ0n) is 8.89. The van der Waals surface area contributed by atoms with E-state index in [-0.39, 0.29) is 5.92 Å². The van der Waals surface area contributed by atoms with Crippen molar-refractivity contribution >= 4 is 34.0 Å². The van der Waals surface area contributed by atoms with Gasteiger partial charge < -0.3 is 10.0 Å². The second-order valence-electron chi connectivity index (χ2n) is 4.05. The lowest BCUT2D eigenvalue weighted by atomic mass is 9.91. The fraction of sp³-hybridized carbons (Fsp3) is 0.600. The number of carboxylic acids is 1. The van der Waals surface area contributed by atoms with Gasteiger partial charge in [0.25, 0.3) is 0 Å². The summed E-state index contributed by atoms with van der Waals surface area (Å²) in [6, 6.07) is -0.476. The minimum absolute atomic E-state index is 0.147. The molecule has 1 aliphatic rings. The highest BCUT2D eigenvalue weighted by atomic mass is 35.5. The van der Waals surface area contributed by atoms with E-state index in [1.165, 1.54) is 11.3 Å². The first-order valence-corrected chi connectivity index (χ1v) is 6.46. The van der Waals surface area contributed by atoms with E-state index in [2.05, 4.69) is 4.98 Å². The van der Waals surface area contributed by atoms with Crippen molar-refractivity contribution in [1.29, 1.82) is 0 Å². The molecule has 4 nitrogen and oxygen atoms in total. The van der Waals surface area contributed by atoms with Crippen LogP contribution in [0.25, 0.3) is 0 Å². The summed E-state index contributed by atoms with van der Waals surface area (Å²) < 4.78 is 0. The van der Waals surface area contributed by atoms with Crippen LogP contribution in [0.15, 0.2) is 5.38 Å². The van der Waals surface area contributed by atoms with Crippen molar-refractivity contribution in [3.8, 4) is 0 Å². The predicted molar refractivity (Wildman–Crippen MR) is 64.3 cm³/mol. The highest BCUT2D eigenvalue weighted by molar-refractivity contribution is 7.14. The van der Waals surface area contributed by atoms with E-state index in [1.807, 2.05) is 11.8 Å². The molecule has 1 aliphatic heterocycles. The van der Waals surface area contributed by atoms with Gasteiger partial charge in [0.05, 0.1) is 0 Å². The first-order chi connectivity index (χ1) is 7.59. The SMILES string of the molecule is CC1CCCN(c2nc(Cl)cs2)C1C(=O)O. The van der Waals surface area contributed by atoms with Gasteiger partial charge in [-0.3, -0.25) is 0 Å². The lowest BCUT2D eigenvalue weighted by molar-refractivity contribution is -0.140. The fourth-order valence-electron chi connectivity index (χ4n) is 2.16. The highest BCUT2D eigenvalue weighted by Crippen LogP contribution is 2.31. The number of nitrogens with zero attached hydrogens (tertiary/aromatic N) is 2. The molecule has 1 fully saturated rings. The van der Waals surface area contributed by atoms with Gasteiger partial charge in [0.2, 0.25) is 0 Å². The van der Waals surface area contributed by atoms with Crippen LogP contribution in [0.4, 0.5) is 5.13 Å². The molecule has 0 spiro atoms. The molecule has 2 unspecified atom stereocenters. The van der Waals surface area contributed by atoms with E-state index in [0.717, 1.165) is 19.4 Å². The molecule has 16 heavy (non-hydrogen) atoms. The standard InChI is InChI=1S/C10H13ClN2O2S/c1-6-3-2-4-13(8(6)9(14)15)10-12-7(11)5-16-10/h5-6,8H,2-4H2,1H3,(H,14,15). The van der Waals surface area contributed by atoms with Gasteiger partial charge >= 0.3 is 5.97 Å². The van der Waals surface area contributed by atoms with E-state index in [9.17, 15) is 9.90 Å².